The molecule has 4 aliphatic rings. The van der Waals surface area contributed by atoms with Gasteiger partial charge in [-0.2, -0.15) is 0 Å². The van der Waals surface area contributed by atoms with Crippen LogP contribution in [-0.4, -0.2) is 55.2 Å². The Labute approximate surface area is 186 Å². The maximum atomic E-state index is 13.5. The zero-order valence-electron chi connectivity index (χ0n) is 17.8. The lowest BCUT2D eigenvalue weighted by molar-refractivity contribution is -0.127. The second-order valence-electron chi connectivity index (χ2n) is 9.09. The lowest BCUT2D eigenvalue weighted by atomic mass is 9.60. The molecule has 0 aromatic heterocycles. The Kier molecular flexibility index (Phi) is 6.69. The minimum absolute atomic E-state index is 0.00439. The van der Waals surface area contributed by atoms with Gasteiger partial charge in [0.2, 0.25) is 5.91 Å². The Morgan fingerprint density at radius 2 is 1.84 bits per heavy atom. The molecule has 0 radical (unpaired) electrons. The maximum absolute atomic E-state index is 13.5. The maximum Gasteiger partial charge on any atom is 0.258 e. The number of halogens is 2. The third-order valence-electron chi connectivity index (χ3n) is 6.97. The first-order valence-electron chi connectivity index (χ1n) is 11.0. The van der Waals surface area contributed by atoms with Crippen molar-refractivity contribution in [2.75, 3.05) is 13.2 Å². The number of carbonyl (C=O) groups excluding carboxylic acids is 2. The van der Waals surface area contributed by atoms with Gasteiger partial charge in [0.05, 0.1) is 11.1 Å². The first-order chi connectivity index (χ1) is 14.8. The van der Waals surface area contributed by atoms with Crippen LogP contribution in [0.25, 0.3) is 0 Å². The molecule has 170 valence electrons. The summed E-state index contributed by atoms with van der Waals surface area (Å²) in [6.45, 7) is 4.58. The molecule has 5 rings (SSSR count). The van der Waals surface area contributed by atoms with E-state index in [1.165, 1.54) is 12.1 Å². The Morgan fingerprint density at radius 3 is 2.52 bits per heavy atom. The number of hydrogen-bond acceptors (Lipinski definition) is 5. The van der Waals surface area contributed by atoms with Crippen molar-refractivity contribution in [1.82, 2.24) is 21.3 Å². The van der Waals surface area contributed by atoms with E-state index in [9.17, 15) is 14.0 Å². The van der Waals surface area contributed by atoms with Gasteiger partial charge in [0.1, 0.15) is 11.6 Å². The van der Waals surface area contributed by atoms with E-state index in [0.29, 0.717) is 30.8 Å². The fourth-order valence-corrected chi connectivity index (χ4v) is 4.91. The highest BCUT2D eigenvalue weighted by atomic mass is 35.5. The zero-order chi connectivity index (χ0) is 22.1. The van der Waals surface area contributed by atoms with Gasteiger partial charge in [0.15, 0.2) is 6.61 Å². The summed E-state index contributed by atoms with van der Waals surface area (Å²) in [5.41, 5.74) is 0. The van der Waals surface area contributed by atoms with Gasteiger partial charge in [0.25, 0.3) is 5.91 Å². The Bertz CT molecular complexity index is 835. The van der Waals surface area contributed by atoms with Gasteiger partial charge in [-0.3, -0.25) is 9.59 Å². The smallest absolute Gasteiger partial charge is 0.258 e. The predicted molar refractivity (Wildman–Crippen MR) is 115 cm³/mol. The molecule has 1 aromatic rings. The molecule has 1 aromatic carbocycles. The molecule has 2 bridgehead atoms. The van der Waals surface area contributed by atoms with E-state index in [-0.39, 0.29) is 53.4 Å². The average Bonchev–Trinajstić information content (AvgIpc) is 2.70. The molecule has 1 saturated heterocycles. The number of fused-ring (bicyclic) bond motifs is 2. The van der Waals surface area contributed by atoms with Gasteiger partial charge in [0, 0.05) is 36.8 Å². The number of piperazine rings is 1. The van der Waals surface area contributed by atoms with Gasteiger partial charge in [-0.25, -0.2) is 4.39 Å². The van der Waals surface area contributed by atoms with E-state index in [4.69, 9.17) is 16.3 Å². The molecule has 4 fully saturated rings. The highest BCUT2D eigenvalue weighted by molar-refractivity contribution is 6.30. The zero-order valence-corrected chi connectivity index (χ0v) is 18.5. The minimum Gasteiger partial charge on any atom is -0.484 e. The van der Waals surface area contributed by atoms with Gasteiger partial charge in [-0.1, -0.05) is 11.6 Å². The van der Waals surface area contributed by atoms with E-state index in [2.05, 4.69) is 35.1 Å². The quantitative estimate of drug-likeness (QED) is 0.526. The second kappa shape index (κ2) is 9.30. The van der Waals surface area contributed by atoms with E-state index in [1.54, 1.807) is 0 Å². The molecule has 5 unspecified atom stereocenters. The molecule has 3 aliphatic carbocycles. The fourth-order valence-electron chi connectivity index (χ4n) is 4.79. The molecule has 5 atom stereocenters. The summed E-state index contributed by atoms with van der Waals surface area (Å²) in [7, 11) is 0. The molecular weight excluding hydrogens is 423 g/mol. The fraction of sp³-hybridized carbons (Fsp3) is 0.636. The number of hydrogen-bond donors (Lipinski definition) is 4. The van der Waals surface area contributed by atoms with Crippen LogP contribution >= 0.6 is 11.6 Å². The van der Waals surface area contributed by atoms with Crippen LogP contribution in [0.1, 0.15) is 33.1 Å². The van der Waals surface area contributed by atoms with Crippen molar-refractivity contribution in [1.29, 1.82) is 0 Å². The molecule has 7 nitrogen and oxygen atoms in total. The molecule has 0 spiro atoms. The van der Waals surface area contributed by atoms with E-state index in [0.717, 1.165) is 18.9 Å². The molecule has 4 N–H and O–H groups in total. The molecule has 9 heteroatoms. The first kappa shape index (κ1) is 22.3. The summed E-state index contributed by atoms with van der Waals surface area (Å²) in [4.78, 5) is 25.1. The highest BCUT2D eigenvalue weighted by Crippen LogP contribution is 2.45. The van der Waals surface area contributed by atoms with Gasteiger partial charge < -0.3 is 26.0 Å². The van der Waals surface area contributed by atoms with E-state index >= 15 is 0 Å². The van der Waals surface area contributed by atoms with E-state index in [1.807, 2.05) is 0 Å². The topological polar surface area (TPSA) is 91.5 Å². The number of rotatable bonds is 6. The van der Waals surface area contributed by atoms with Gasteiger partial charge >= 0.3 is 0 Å². The molecule has 2 amide bonds. The van der Waals surface area contributed by atoms with E-state index < -0.39 is 5.82 Å². The number of benzene rings is 1. The van der Waals surface area contributed by atoms with Crippen LogP contribution in [0.5, 0.6) is 5.75 Å². The molecule has 1 aliphatic heterocycles. The predicted octanol–water partition coefficient (Wildman–Crippen LogP) is 1.60. The van der Waals surface area contributed by atoms with Gasteiger partial charge in [-0.05, 0) is 57.1 Å². The normalized spacial score (nSPS) is 34.4. The number of amides is 2. The third kappa shape index (κ3) is 5.13. The van der Waals surface area contributed by atoms with Crippen molar-refractivity contribution in [3.63, 3.8) is 0 Å². The van der Waals surface area contributed by atoms with Crippen molar-refractivity contribution in [2.24, 2.45) is 11.8 Å². The molecule has 3 saturated carbocycles. The van der Waals surface area contributed by atoms with Crippen LogP contribution < -0.4 is 26.0 Å². The summed E-state index contributed by atoms with van der Waals surface area (Å²) in [6, 6.07) is 4.46. The highest BCUT2D eigenvalue weighted by Gasteiger charge is 2.47. The standard InChI is InChI=1S/C22H30ClFN4O3/c1-11-12(2)26-20(9-25-11)22(30)28-19-8-18(13-5-14(19)6-13)27-21(29)10-31-15-3-4-16(23)17(24)7-15/h3-4,7,11-14,18-20,25-26H,5-6,8-10H2,1-2H3,(H,27,29)(H,28,30). The second-order valence-corrected chi connectivity index (χ2v) is 9.49. The largest absolute Gasteiger partial charge is 0.484 e. The summed E-state index contributed by atoms with van der Waals surface area (Å²) in [6.07, 6.45) is 2.72. The lowest BCUT2D eigenvalue weighted by Gasteiger charge is -2.51. The molecule has 1 heterocycles. The van der Waals surface area contributed by atoms with Crippen LogP contribution in [0, 0.1) is 17.7 Å². The average molecular weight is 453 g/mol. The molecular formula is C22H30ClFN4O3. The Hall–Kier alpha value is -1.90. The molecule has 31 heavy (non-hydrogen) atoms. The van der Waals surface area contributed by atoms with Crippen LogP contribution in [0.3, 0.4) is 0 Å². The summed E-state index contributed by atoms with van der Waals surface area (Å²) >= 11 is 5.66. The van der Waals surface area contributed by atoms with Crippen LogP contribution in [0.4, 0.5) is 4.39 Å². The Morgan fingerprint density at radius 1 is 1.13 bits per heavy atom. The summed E-state index contributed by atoms with van der Waals surface area (Å²) in [5, 5.41) is 13.0. The third-order valence-corrected chi connectivity index (χ3v) is 7.27. The van der Waals surface area contributed by atoms with Crippen molar-refractivity contribution >= 4 is 23.4 Å². The monoisotopic (exact) mass is 452 g/mol. The number of ether oxygens (including phenoxy) is 1. The Balaban J connectivity index is 1.26. The van der Waals surface area contributed by atoms with Crippen LogP contribution in [0.15, 0.2) is 18.2 Å². The number of nitrogens with one attached hydrogen (secondary N) is 4. The SMILES string of the molecule is CC1NCC(C(=O)NC2CC(NC(=O)COc3ccc(Cl)c(F)c3)C3CC2C3)NC1C. The van der Waals surface area contributed by atoms with Gasteiger partial charge in [-0.15, -0.1) is 0 Å². The first-order valence-corrected chi connectivity index (χ1v) is 11.3. The van der Waals surface area contributed by atoms with Crippen molar-refractivity contribution in [3.05, 3.63) is 29.0 Å². The minimum atomic E-state index is -0.586. The summed E-state index contributed by atoms with van der Waals surface area (Å²) in [5.74, 6) is 0.342. The van der Waals surface area contributed by atoms with Crippen molar-refractivity contribution in [2.45, 2.75) is 63.3 Å². The summed E-state index contributed by atoms with van der Waals surface area (Å²) < 4.78 is 18.9. The van der Waals surface area contributed by atoms with Crippen molar-refractivity contribution < 1.29 is 18.7 Å². The van der Waals surface area contributed by atoms with Crippen LogP contribution in [-0.2, 0) is 9.59 Å². The van der Waals surface area contributed by atoms with Crippen LogP contribution in [0.2, 0.25) is 5.02 Å². The van der Waals surface area contributed by atoms with Crippen molar-refractivity contribution in [3.8, 4) is 5.75 Å². The number of carbonyl (C=O) groups is 2. The lowest BCUT2D eigenvalue weighted by Crippen LogP contribution is -2.66.